The van der Waals surface area contributed by atoms with Crippen LogP contribution in [0.4, 0.5) is 4.39 Å². The van der Waals surface area contributed by atoms with Gasteiger partial charge in [-0.15, -0.1) is 0 Å². The predicted molar refractivity (Wildman–Crippen MR) is 69.5 cm³/mol. The van der Waals surface area contributed by atoms with Crippen LogP contribution in [0.25, 0.3) is 0 Å². The van der Waals surface area contributed by atoms with E-state index in [1.54, 1.807) is 6.07 Å². The summed E-state index contributed by atoms with van der Waals surface area (Å²) < 4.78 is 13.3. The summed E-state index contributed by atoms with van der Waals surface area (Å²) in [6, 6.07) is 4.32. The molecule has 1 nitrogen and oxygen atoms in total. The average molecular weight is 256 g/mol. The summed E-state index contributed by atoms with van der Waals surface area (Å²) in [6.45, 7) is 2.17. The van der Waals surface area contributed by atoms with Crippen molar-refractivity contribution in [2.45, 2.75) is 45.1 Å². The Labute approximate surface area is 107 Å². The van der Waals surface area contributed by atoms with Gasteiger partial charge in [-0.05, 0) is 48.4 Å². The smallest absolute Gasteiger partial charge is 0.123 e. The van der Waals surface area contributed by atoms with Crippen molar-refractivity contribution in [3.8, 4) is 0 Å². The van der Waals surface area contributed by atoms with Gasteiger partial charge in [-0.2, -0.15) is 0 Å². The molecule has 1 aliphatic rings. The van der Waals surface area contributed by atoms with Crippen LogP contribution in [0.2, 0.25) is 5.02 Å². The highest BCUT2D eigenvalue weighted by Gasteiger charge is 2.39. The molecule has 1 atom stereocenters. The Kier molecular flexibility index (Phi) is 3.74. The summed E-state index contributed by atoms with van der Waals surface area (Å²) in [6.07, 6.45) is 5.71. The molecule has 0 heterocycles. The second kappa shape index (κ2) is 4.95. The van der Waals surface area contributed by atoms with Gasteiger partial charge in [0.2, 0.25) is 0 Å². The Bertz CT molecular complexity index is 399. The second-order valence-electron chi connectivity index (χ2n) is 5.07. The molecule has 0 spiro atoms. The molecule has 0 bridgehead atoms. The molecule has 94 valence electrons. The second-order valence-corrected chi connectivity index (χ2v) is 5.47. The van der Waals surface area contributed by atoms with Gasteiger partial charge in [-0.3, -0.25) is 0 Å². The zero-order valence-corrected chi connectivity index (χ0v) is 10.9. The lowest BCUT2D eigenvalue weighted by Gasteiger charge is -2.35. The first kappa shape index (κ1) is 12.8. The highest BCUT2D eigenvalue weighted by Crippen LogP contribution is 2.49. The van der Waals surface area contributed by atoms with Gasteiger partial charge in [-0.1, -0.05) is 31.4 Å². The molecular formula is C14H19ClFN. The van der Waals surface area contributed by atoms with Gasteiger partial charge >= 0.3 is 0 Å². The van der Waals surface area contributed by atoms with Crippen molar-refractivity contribution < 1.29 is 4.39 Å². The quantitative estimate of drug-likeness (QED) is 0.849. The van der Waals surface area contributed by atoms with Crippen LogP contribution in [0.15, 0.2) is 18.2 Å². The van der Waals surface area contributed by atoms with Crippen molar-refractivity contribution in [3.05, 3.63) is 34.6 Å². The van der Waals surface area contributed by atoms with Crippen LogP contribution >= 0.6 is 11.6 Å². The molecule has 1 aromatic carbocycles. The van der Waals surface area contributed by atoms with Crippen LogP contribution in [0.5, 0.6) is 0 Å². The lowest BCUT2D eigenvalue weighted by Crippen LogP contribution is -2.32. The Balaban J connectivity index is 2.35. The first-order chi connectivity index (χ1) is 8.09. The van der Waals surface area contributed by atoms with E-state index in [1.807, 2.05) is 0 Å². The zero-order valence-electron chi connectivity index (χ0n) is 10.2. The predicted octanol–water partition coefficient (Wildman–Crippen LogP) is 4.45. The van der Waals surface area contributed by atoms with Crippen LogP contribution in [-0.2, 0) is 0 Å². The van der Waals surface area contributed by atoms with E-state index in [0.717, 1.165) is 24.8 Å². The molecule has 0 saturated heterocycles. The zero-order chi connectivity index (χ0) is 12.5. The molecule has 0 aliphatic heterocycles. The molecule has 1 aromatic rings. The molecule has 2 rings (SSSR count). The van der Waals surface area contributed by atoms with Crippen LogP contribution in [0.3, 0.4) is 0 Å². The fourth-order valence-electron chi connectivity index (χ4n) is 3.05. The minimum Gasteiger partial charge on any atom is -0.323 e. The molecular weight excluding hydrogens is 237 g/mol. The molecule has 2 N–H and O–H groups in total. The fourth-order valence-corrected chi connectivity index (χ4v) is 3.28. The maximum atomic E-state index is 13.3. The standard InChI is InChI=1S/C14H19ClFN/c1-2-14(7-3-4-8-14)13(17)11-9-10(16)5-6-12(11)15/h5-6,9,13H,2-4,7-8,17H2,1H3. The number of nitrogens with two attached hydrogens (primary N) is 1. The van der Waals surface area contributed by atoms with Crippen molar-refractivity contribution in [1.29, 1.82) is 0 Å². The van der Waals surface area contributed by atoms with Gasteiger partial charge in [0.05, 0.1) is 0 Å². The number of hydrogen-bond donors (Lipinski definition) is 1. The Morgan fingerprint density at radius 3 is 2.65 bits per heavy atom. The monoisotopic (exact) mass is 255 g/mol. The molecule has 1 fully saturated rings. The summed E-state index contributed by atoms with van der Waals surface area (Å²) in [5.74, 6) is -0.260. The lowest BCUT2D eigenvalue weighted by atomic mass is 9.74. The van der Waals surface area contributed by atoms with Crippen molar-refractivity contribution in [2.75, 3.05) is 0 Å². The molecule has 1 saturated carbocycles. The van der Waals surface area contributed by atoms with E-state index in [1.165, 1.54) is 25.0 Å². The topological polar surface area (TPSA) is 26.0 Å². The minimum absolute atomic E-state index is 0.109. The lowest BCUT2D eigenvalue weighted by molar-refractivity contribution is 0.222. The summed E-state index contributed by atoms with van der Waals surface area (Å²) in [5.41, 5.74) is 7.23. The first-order valence-corrected chi connectivity index (χ1v) is 6.67. The Morgan fingerprint density at radius 1 is 1.41 bits per heavy atom. The molecule has 1 aliphatic carbocycles. The third kappa shape index (κ3) is 2.34. The van der Waals surface area contributed by atoms with Gasteiger partial charge < -0.3 is 5.73 Å². The van der Waals surface area contributed by atoms with E-state index in [9.17, 15) is 4.39 Å². The number of halogens is 2. The molecule has 3 heteroatoms. The Hall–Kier alpha value is -0.600. The normalized spacial score (nSPS) is 20.5. The van der Waals surface area contributed by atoms with E-state index < -0.39 is 0 Å². The van der Waals surface area contributed by atoms with Gasteiger partial charge in [-0.25, -0.2) is 4.39 Å². The largest absolute Gasteiger partial charge is 0.323 e. The highest BCUT2D eigenvalue weighted by atomic mass is 35.5. The molecule has 0 aromatic heterocycles. The van der Waals surface area contributed by atoms with Crippen LogP contribution in [0.1, 0.15) is 50.6 Å². The third-order valence-electron chi connectivity index (χ3n) is 4.26. The fraction of sp³-hybridized carbons (Fsp3) is 0.571. The number of rotatable bonds is 3. The third-order valence-corrected chi connectivity index (χ3v) is 4.60. The van der Waals surface area contributed by atoms with Crippen molar-refractivity contribution in [1.82, 2.24) is 0 Å². The van der Waals surface area contributed by atoms with Gasteiger partial charge in [0, 0.05) is 11.1 Å². The minimum atomic E-state index is -0.260. The van der Waals surface area contributed by atoms with Crippen molar-refractivity contribution in [3.63, 3.8) is 0 Å². The van der Waals surface area contributed by atoms with E-state index >= 15 is 0 Å². The molecule has 0 radical (unpaired) electrons. The van der Waals surface area contributed by atoms with E-state index in [2.05, 4.69) is 6.92 Å². The summed E-state index contributed by atoms with van der Waals surface area (Å²) in [5, 5.41) is 0.582. The van der Waals surface area contributed by atoms with Crippen molar-refractivity contribution in [2.24, 2.45) is 11.1 Å². The molecule has 17 heavy (non-hydrogen) atoms. The van der Waals surface area contributed by atoms with E-state index in [4.69, 9.17) is 17.3 Å². The maximum absolute atomic E-state index is 13.3. The average Bonchev–Trinajstić information content (AvgIpc) is 2.81. The summed E-state index contributed by atoms with van der Waals surface area (Å²) in [4.78, 5) is 0. The van der Waals surface area contributed by atoms with Gasteiger partial charge in [0.1, 0.15) is 5.82 Å². The molecule has 0 amide bonds. The highest BCUT2D eigenvalue weighted by molar-refractivity contribution is 6.31. The Morgan fingerprint density at radius 2 is 2.06 bits per heavy atom. The number of benzene rings is 1. The van der Waals surface area contributed by atoms with E-state index in [0.29, 0.717) is 5.02 Å². The number of hydrogen-bond acceptors (Lipinski definition) is 1. The van der Waals surface area contributed by atoms with Crippen LogP contribution in [0, 0.1) is 11.2 Å². The maximum Gasteiger partial charge on any atom is 0.123 e. The molecule has 1 unspecified atom stereocenters. The van der Waals surface area contributed by atoms with E-state index in [-0.39, 0.29) is 17.3 Å². The van der Waals surface area contributed by atoms with Gasteiger partial charge in [0.25, 0.3) is 0 Å². The van der Waals surface area contributed by atoms with Crippen LogP contribution < -0.4 is 5.73 Å². The van der Waals surface area contributed by atoms with Crippen LogP contribution in [-0.4, -0.2) is 0 Å². The first-order valence-electron chi connectivity index (χ1n) is 6.29. The van der Waals surface area contributed by atoms with Gasteiger partial charge in [0.15, 0.2) is 0 Å². The van der Waals surface area contributed by atoms with Crippen molar-refractivity contribution >= 4 is 11.6 Å². The summed E-state index contributed by atoms with van der Waals surface area (Å²) in [7, 11) is 0. The summed E-state index contributed by atoms with van der Waals surface area (Å²) >= 11 is 6.14. The SMILES string of the molecule is CCC1(C(N)c2cc(F)ccc2Cl)CCCC1.